The fraction of sp³-hybridized carbons (Fsp3) is 0.421. The lowest BCUT2D eigenvalue weighted by atomic mass is 9.94. The van der Waals surface area contributed by atoms with E-state index in [0.717, 1.165) is 12.0 Å². The summed E-state index contributed by atoms with van der Waals surface area (Å²) in [6.07, 6.45) is 2.50. The van der Waals surface area contributed by atoms with E-state index in [0.29, 0.717) is 30.6 Å². The first-order chi connectivity index (χ1) is 12.3. The van der Waals surface area contributed by atoms with Gasteiger partial charge in [0.1, 0.15) is 0 Å². The summed E-state index contributed by atoms with van der Waals surface area (Å²) in [5.74, 6) is 0.590. The first kappa shape index (κ1) is 18.7. The molecule has 1 aromatic heterocycles. The third kappa shape index (κ3) is 3.83. The van der Waals surface area contributed by atoms with Gasteiger partial charge in [-0.05, 0) is 55.5 Å². The molecule has 0 bridgehead atoms. The van der Waals surface area contributed by atoms with Crippen LogP contribution in [-0.2, 0) is 10.0 Å². The van der Waals surface area contributed by atoms with Crippen LogP contribution in [0.1, 0.15) is 36.4 Å². The SMILES string of the molecule is Cc1ccoc1C(=O)Nc1ccc(S(=O)(=O)N2C[C@@H](C)C[C@H](C)C2)cc1. The summed E-state index contributed by atoms with van der Waals surface area (Å²) < 4.78 is 32.5. The molecule has 1 aliphatic heterocycles. The summed E-state index contributed by atoms with van der Waals surface area (Å²) in [5.41, 5.74) is 1.26. The quantitative estimate of drug-likeness (QED) is 0.886. The Kier molecular flexibility index (Phi) is 5.20. The number of rotatable bonds is 4. The highest BCUT2D eigenvalue weighted by atomic mass is 32.2. The number of hydrogen-bond donors (Lipinski definition) is 1. The Balaban J connectivity index is 1.74. The fourth-order valence-electron chi connectivity index (χ4n) is 3.45. The van der Waals surface area contributed by atoms with Crippen LogP contribution in [0.3, 0.4) is 0 Å². The number of benzene rings is 1. The van der Waals surface area contributed by atoms with Crippen LogP contribution in [0, 0.1) is 18.8 Å². The number of sulfonamides is 1. The van der Waals surface area contributed by atoms with Crippen molar-refractivity contribution in [3.8, 4) is 0 Å². The first-order valence-corrected chi connectivity index (χ1v) is 10.2. The lowest BCUT2D eigenvalue weighted by Gasteiger charge is -2.34. The van der Waals surface area contributed by atoms with Crippen LogP contribution in [-0.4, -0.2) is 31.7 Å². The minimum Gasteiger partial charge on any atom is -0.459 e. The summed E-state index contributed by atoms with van der Waals surface area (Å²) in [6, 6.07) is 7.97. The summed E-state index contributed by atoms with van der Waals surface area (Å²) >= 11 is 0. The molecule has 1 aliphatic rings. The molecule has 1 fully saturated rings. The van der Waals surface area contributed by atoms with E-state index in [4.69, 9.17) is 4.42 Å². The largest absolute Gasteiger partial charge is 0.459 e. The molecule has 3 rings (SSSR count). The van der Waals surface area contributed by atoms with Gasteiger partial charge in [-0.15, -0.1) is 0 Å². The normalized spacial score (nSPS) is 21.5. The predicted molar refractivity (Wildman–Crippen MR) is 99.5 cm³/mol. The van der Waals surface area contributed by atoms with Crippen LogP contribution >= 0.6 is 0 Å². The number of hydrogen-bond acceptors (Lipinski definition) is 4. The minimum atomic E-state index is -3.52. The maximum atomic E-state index is 12.9. The van der Waals surface area contributed by atoms with Gasteiger partial charge in [-0.3, -0.25) is 4.79 Å². The Bertz CT molecular complexity index is 877. The number of carbonyl (C=O) groups is 1. The van der Waals surface area contributed by atoms with E-state index in [1.807, 2.05) is 0 Å². The van der Waals surface area contributed by atoms with Crippen LogP contribution in [0.4, 0.5) is 5.69 Å². The van der Waals surface area contributed by atoms with Crippen LogP contribution < -0.4 is 5.32 Å². The highest BCUT2D eigenvalue weighted by molar-refractivity contribution is 7.89. The van der Waals surface area contributed by atoms with E-state index < -0.39 is 10.0 Å². The average Bonchev–Trinajstić information content (AvgIpc) is 3.00. The van der Waals surface area contributed by atoms with Crippen molar-refractivity contribution in [1.82, 2.24) is 4.31 Å². The van der Waals surface area contributed by atoms with E-state index in [1.165, 1.54) is 18.4 Å². The third-order valence-corrected chi connectivity index (χ3v) is 6.50. The van der Waals surface area contributed by atoms with Crippen LogP contribution in [0.15, 0.2) is 45.9 Å². The average molecular weight is 376 g/mol. The molecule has 1 N–H and O–H groups in total. The van der Waals surface area contributed by atoms with Gasteiger partial charge in [0.05, 0.1) is 11.2 Å². The number of nitrogens with zero attached hydrogens (tertiary/aromatic N) is 1. The summed E-state index contributed by atoms with van der Waals surface area (Å²) in [6.45, 7) is 7.03. The monoisotopic (exact) mass is 376 g/mol. The Morgan fingerprint density at radius 1 is 1.12 bits per heavy atom. The molecule has 0 saturated carbocycles. The zero-order valence-electron chi connectivity index (χ0n) is 15.2. The Labute approximate surface area is 154 Å². The maximum Gasteiger partial charge on any atom is 0.291 e. The van der Waals surface area contributed by atoms with Crippen molar-refractivity contribution in [3.63, 3.8) is 0 Å². The zero-order valence-corrected chi connectivity index (χ0v) is 16.0. The van der Waals surface area contributed by atoms with Gasteiger partial charge >= 0.3 is 0 Å². The molecule has 1 saturated heterocycles. The molecule has 140 valence electrons. The van der Waals surface area contributed by atoms with E-state index >= 15 is 0 Å². The number of amides is 1. The molecule has 2 aromatic rings. The summed E-state index contributed by atoms with van der Waals surface area (Å²) in [5, 5.41) is 2.72. The van der Waals surface area contributed by atoms with Crippen molar-refractivity contribution in [2.45, 2.75) is 32.1 Å². The standard InChI is InChI=1S/C19H24N2O4S/c1-13-10-14(2)12-21(11-13)26(23,24)17-6-4-16(5-7-17)20-19(22)18-15(3)8-9-25-18/h4-9,13-14H,10-12H2,1-3H3,(H,20,22)/t13-,14-/m0/s1. The Hall–Kier alpha value is -2.12. The van der Waals surface area contributed by atoms with E-state index in [1.54, 1.807) is 29.4 Å². The van der Waals surface area contributed by atoms with Crippen molar-refractivity contribution >= 4 is 21.6 Å². The van der Waals surface area contributed by atoms with Gasteiger partial charge in [0, 0.05) is 24.3 Å². The molecule has 0 radical (unpaired) electrons. The lowest BCUT2D eigenvalue weighted by molar-refractivity contribution is 0.0996. The highest BCUT2D eigenvalue weighted by Crippen LogP contribution is 2.27. The third-order valence-electron chi connectivity index (χ3n) is 4.65. The molecule has 1 amide bonds. The van der Waals surface area contributed by atoms with Crippen LogP contribution in [0.2, 0.25) is 0 Å². The van der Waals surface area contributed by atoms with Crippen LogP contribution in [0.5, 0.6) is 0 Å². The van der Waals surface area contributed by atoms with Gasteiger partial charge < -0.3 is 9.73 Å². The maximum absolute atomic E-state index is 12.9. The van der Waals surface area contributed by atoms with Crippen molar-refractivity contribution in [2.75, 3.05) is 18.4 Å². The molecule has 7 heteroatoms. The summed E-state index contributed by atoms with van der Waals surface area (Å²) in [7, 11) is -3.52. The molecule has 2 atom stereocenters. The fourth-order valence-corrected chi connectivity index (χ4v) is 5.13. The topological polar surface area (TPSA) is 79.6 Å². The van der Waals surface area contributed by atoms with Gasteiger partial charge in [0.15, 0.2) is 5.76 Å². The van der Waals surface area contributed by atoms with Gasteiger partial charge in [0.25, 0.3) is 5.91 Å². The molecule has 0 spiro atoms. The van der Waals surface area contributed by atoms with Crippen LogP contribution in [0.25, 0.3) is 0 Å². The molecule has 26 heavy (non-hydrogen) atoms. The molecular weight excluding hydrogens is 352 g/mol. The van der Waals surface area contributed by atoms with E-state index in [2.05, 4.69) is 19.2 Å². The minimum absolute atomic E-state index is 0.242. The predicted octanol–water partition coefficient (Wildman–Crippen LogP) is 3.51. The molecular formula is C19H24N2O4S. The molecule has 0 unspecified atom stereocenters. The number of anilines is 1. The first-order valence-electron chi connectivity index (χ1n) is 8.73. The number of aryl methyl sites for hydroxylation is 1. The molecule has 0 aliphatic carbocycles. The van der Waals surface area contributed by atoms with Gasteiger partial charge in [-0.25, -0.2) is 8.42 Å². The highest BCUT2D eigenvalue weighted by Gasteiger charge is 2.31. The second-order valence-electron chi connectivity index (χ2n) is 7.18. The number of piperidine rings is 1. The molecule has 6 nitrogen and oxygen atoms in total. The van der Waals surface area contributed by atoms with Crippen molar-refractivity contribution in [3.05, 3.63) is 47.9 Å². The van der Waals surface area contributed by atoms with Gasteiger partial charge in [-0.1, -0.05) is 13.8 Å². The number of nitrogens with one attached hydrogen (secondary N) is 1. The van der Waals surface area contributed by atoms with Gasteiger partial charge in [-0.2, -0.15) is 4.31 Å². The molecule has 1 aromatic carbocycles. The Morgan fingerprint density at radius 3 is 2.27 bits per heavy atom. The smallest absolute Gasteiger partial charge is 0.291 e. The van der Waals surface area contributed by atoms with Crippen molar-refractivity contribution in [2.24, 2.45) is 11.8 Å². The van der Waals surface area contributed by atoms with Gasteiger partial charge in [0.2, 0.25) is 10.0 Å². The van der Waals surface area contributed by atoms with E-state index in [9.17, 15) is 13.2 Å². The zero-order chi connectivity index (χ0) is 18.9. The second kappa shape index (κ2) is 7.25. The van der Waals surface area contributed by atoms with E-state index in [-0.39, 0.29) is 16.6 Å². The van der Waals surface area contributed by atoms with Crippen molar-refractivity contribution < 1.29 is 17.6 Å². The Morgan fingerprint density at radius 2 is 1.73 bits per heavy atom. The number of furan rings is 1. The lowest BCUT2D eigenvalue weighted by Crippen LogP contribution is -2.42. The molecule has 2 heterocycles. The number of carbonyl (C=O) groups excluding carboxylic acids is 1. The summed E-state index contributed by atoms with van der Waals surface area (Å²) in [4.78, 5) is 12.4. The second-order valence-corrected chi connectivity index (χ2v) is 9.12. The van der Waals surface area contributed by atoms with Crippen molar-refractivity contribution in [1.29, 1.82) is 0 Å².